The maximum absolute atomic E-state index is 11.9. The standard InChI is InChI=1S/C19H38N4O2.HI/c1-7-14(8-2)13-21-17(20-6)22-15-9-11-16(12-10-15)23-18(24)25-19(3,4)5;/h14-16H,7-13H2,1-6H3,(H,23,24)(H2,20,21,22);1H. The number of hydrogen-bond donors (Lipinski definition) is 3. The summed E-state index contributed by atoms with van der Waals surface area (Å²) < 4.78 is 5.33. The second kappa shape index (κ2) is 12.6. The van der Waals surface area contributed by atoms with Gasteiger partial charge in [-0.25, -0.2) is 4.79 Å². The topological polar surface area (TPSA) is 74.8 Å². The fourth-order valence-electron chi connectivity index (χ4n) is 3.06. The van der Waals surface area contributed by atoms with Gasteiger partial charge in [-0.15, -0.1) is 24.0 Å². The largest absolute Gasteiger partial charge is 0.444 e. The second-order valence-electron chi connectivity index (χ2n) is 7.97. The molecular weight excluding hydrogens is 443 g/mol. The van der Waals surface area contributed by atoms with E-state index in [1.807, 2.05) is 27.8 Å². The van der Waals surface area contributed by atoms with Gasteiger partial charge in [0.25, 0.3) is 0 Å². The number of carbonyl (C=O) groups excluding carboxylic acids is 1. The van der Waals surface area contributed by atoms with Gasteiger partial charge in [-0.2, -0.15) is 0 Å². The molecule has 0 aromatic heterocycles. The predicted octanol–water partition coefficient (Wildman–Crippen LogP) is 4.04. The molecule has 0 atom stereocenters. The van der Waals surface area contributed by atoms with Crippen LogP contribution in [-0.2, 0) is 4.74 Å². The highest BCUT2D eigenvalue weighted by atomic mass is 127. The van der Waals surface area contributed by atoms with Crippen molar-refractivity contribution in [1.82, 2.24) is 16.0 Å². The Labute approximate surface area is 176 Å². The van der Waals surface area contributed by atoms with Crippen molar-refractivity contribution in [3.8, 4) is 0 Å². The smallest absolute Gasteiger partial charge is 0.407 e. The number of hydrogen-bond acceptors (Lipinski definition) is 3. The molecule has 154 valence electrons. The first kappa shape index (κ1) is 25.3. The van der Waals surface area contributed by atoms with Crippen LogP contribution < -0.4 is 16.0 Å². The fourth-order valence-corrected chi connectivity index (χ4v) is 3.06. The van der Waals surface area contributed by atoms with E-state index >= 15 is 0 Å². The molecule has 0 aromatic rings. The zero-order valence-electron chi connectivity index (χ0n) is 17.4. The number of alkyl carbamates (subject to hydrolysis) is 1. The third kappa shape index (κ3) is 10.4. The molecule has 1 aliphatic carbocycles. The lowest BCUT2D eigenvalue weighted by Crippen LogP contribution is -2.48. The van der Waals surface area contributed by atoms with Crippen LogP contribution in [0.2, 0.25) is 0 Å². The van der Waals surface area contributed by atoms with Gasteiger partial charge in [0.1, 0.15) is 5.60 Å². The lowest BCUT2D eigenvalue weighted by atomic mass is 9.91. The van der Waals surface area contributed by atoms with Crippen LogP contribution in [0.3, 0.4) is 0 Å². The molecule has 0 spiro atoms. The van der Waals surface area contributed by atoms with Gasteiger partial charge in [0.05, 0.1) is 0 Å². The number of rotatable bonds is 6. The fraction of sp³-hybridized carbons (Fsp3) is 0.895. The molecule has 1 rings (SSSR count). The van der Waals surface area contributed by atoms with Crippen molar-refractivity contribution < 1.29 is 9.53 Å². The predicted molar refractivity (Wildman–Crippen MR) is 119 cm³/mol. The molecule has 0 bridgehead atoms. The molecular formula is C19H39IN4O2. The zero-order valence-corrected chi connectivity index (χ0v) is 19.7. The summed E-state index contributed by atoms with van der Waals surface area (Å²) in [6.45, 7) is 11.1. The number of halogens is 1. The molecule has 1 saturated carbocycles. The van der Waals surface area contributed by atoms with E-state index in [1.54, 1.807) is 0 Å². The van der Waals surface area contributed by atoms with Gasteiger partial charge in [-0.3, -0.25) is 4.99 Å². The Balaban J connectivity index is 0.00000625. The van der Waals surface area contributed by atoms with E-state index in [0.29, 0.717) is 12.0 Å². The molecule has 1 amide bonds. The van der Waals surface area contributed by atoms with E-state index in [2.05, 4.69) is 34.8 Å². The van der Waals surface area contributed by atoms with Crippen LogP contribution in [0.25, 0.3) is 0 Å². The molecule has 0 unspecified atom stereocenters. The first-order valence-corrected chi connectivity index (χ1v) is 9.74. The SMILES string of the molecule is CCC(CC)CNC(=NC)NC1CCC(NC(=O)OC(C)(C)C)CC1.I. The van der Waals surface area contributed by atoms with Gasteiger partial charge >= 0.3 is 6.09 Å². The third-order valence-corrected chi connectivity index (χ3v) is 4.73. The Morgan fingerprint density at radius 3 is 2.00 bits per heavy atom. The van der Waals surface area contributed by atoms with E-state index in [-0.39, 0.29) is 36.1 Å². The number of nitrogens with one attached hydrogen (secondary N) is 3. The van der Waals surface area contributed by atoms with Crippen molar-refractivity contribution in [3.63, 3.8) is 0 Å². The molecule has 7 heteroatoms. The van der Waals surface area contributed by atoms with Gasteiger partial charge in [-0.1, -0.05) is 26.7 Å². The first-order chi connectivity index (χ1) is 11.8. The zero-order chi connectivity index (χ0) is 18.9. The summed E-state index contributed by atoms with van der Waals surface area (Å²) >= 11 is 0. The van der Waals surface area contributed by atoms with Crippen molar-refractivity contribution in [2.45, 2.75) is 90.8 Å². The Morgan fingerprint density at radius 1 is 1.08 bits per heavy atom. The molecule has 26 heavy (non-hydrogen) atoms. The number of carbonyl (C=O) groups is 1. The van der Waals surface area contributed by atoms with Gasteiger partial charge < -0.3 is 20.7 Å². The van der Waals surface area contributed by atoms with E-state index in [9.17, 15) is 4.79 Å². The second-order valence-corrected chi connectivity index (χ2v) is 7.97. The molecule has 1 fully saturated rings. The van der Waals surface area contributed by atoms with E-state index < -0.39 is 5.60 Å². The van der Waals surface area contributed by atoms with Crippen molar-refractivity contribution in [2.24, 2.45) is 10.9 Å². The number of ether oxygens (including phenoxy) is 1. The molecule has 0 aromatic carbocycles. The van der Waals surface area contributed by atoms with Crippen molar-refractivity contribution in [1.29, 1.82) is 0 Å². The number of guanidine groups is 1. The minimum Gasteiger partial charge on any atom is -0.444 e. The van der Waals surface area contributed by atoms with Crippen LogP contribution in [0.15, 0.2) is 4.99 Å². The summed E-state index contributed by atoms with van der Waals surface area (Å²) in [7, 11) is 1.82. The van der Waals surface area contributed by atoms with Crippen molar-refractivity contribution >= 4 is 36.0 Å². The summed E-state index contributed by atoms with van der Waals surface area (Å²) in [5.74, 6) is 1.57. The van der Waals surface area contributed by atoms with E-state index in [4.69, 9.17) is 4.74 Å². The lowest BCUT2D eigenvalue weighted by molar-refractivity contribution is 0.0490. The highest BCUT2D eigenvalue weighted by Gasteiger charge is 2.25. The van der Waals surface area contributed by atoms with E-state index in [0.717, 1.165) is 38.2 Å². The molecule has 1 aliphatic rings. The van der Waals surface area contributed by atoms with Gasteiger partial charge in [0.15, 0.2) is 5.96 Å². The van der Waals surface area contributed by atoms with Crippen LogP contribution in [0.4, 0.5) is 4.79 Å². The average molecular weight is 482 g/mol. The van der Waals surface area contributed by atoms with Gasteiger partial charge in [0.2, 0.25) is 0 Å². The quantitative estimate of drug-likeness (QED) is 0.304. The summed E-state index contributed by atoms with van der Waals surface area (Å²) in [5.41, 5.74) is -0.449. The summed E-state index contributed by atoms with van der Waals surface area (Å²) in [4.78, 5) is 16.2. The highest BCUT2D eigenvalue weighted by molar-refractivity contribution is 14.0. The Bertz CT molecular complexity index is 426. The Hall–Kier alpha value is -0.730. The van der Waals surface area contributed by atoms with Crippen LogP contribution in [0.5, 0.6) is 0 Å². The van der Waals surface area contributed by atoms with Crippen molar-refractivity contribution in [3.05, 3.63) is 0 Å². The monoisotopic (exact) mass is 482 g/mol. The first-order valence-electron chi connectivity index (χ1n) is 9.74. The summed E-state index contributed by atoms with van der Waals surface area (Å²) in [6, 6.07) is 0.608. The summed E-state index contributed by atoms with van der Waals surface area (Å²) in [6.07, 6.45) is 6.01. The molecule has 6 nitrogen and oxygen atoms in total. The molecule has 0 radical (unpaired) electrons. The van der Waals surface area contributed by atoms with Gasteiger partial charge in [-0.05, 0) is 52.4 Å². The van der Waals surface area contributed by atoms with Crippen LogP contribution in [-0.4, -0.2) is 43.3 Å². The van der Waals surface area contributed by atoms with Crippen LogP contribution >= 0.6 is 24.0 Å². The number of aliphatic imine (C=N–C) groups is 1. The van der Waals surface area contributed by atoms with Crippen LogP contribution in [0.1, 0.15) is 73.1 Å². The molecule has 3 N–H and O–H groups in total. The number of nitrogens with zero attached hydrogens (tertiary/aromatic N) is 1. The minimum atomic E-state index is -0.449. The Kier molecular flexibility index (Phi) is 12.3. The third-order valence-electron chi connectivity index (χ3n) is 4.73. The molecule has 0 saturated heterocycles. The molecule has 0 heterocycles. The maximum Gasteiger partial charge on any atom is 0.407 e. The van der Waals surface area contributed by atoms with Gasteiger partial charge in [0, 0.05) is 25.7 Å². The van der Waals surface area contributed by atoms with Crippen molar-refractivity contribution in [2.75, 3.05) is 13.6 Å². The van der Waals surface area contributed by atoms with E-state index in [1.165, 1.54) is 12.8 Å². The summed E-state index contributed by atoms with van der Waals surface area (Å²) in [5, 5.41) is 9.94. The Morgan fingerprint density at radius 2 is 1.58 bits per heavy atom. The number of amides is 1. The minimum absolute atomic E-state index is 0. The van der Waals surface area contributed by atoms with Crippen LogP contribution in [0, 0.1) is 5.92 Å². The molecule has 0 aliphatic heterocycles. The average Bonchev–Trinajstić information content (AvgIpc) is 2.54. The lowest BCUT2D eigenvalue weighted by Gasteiger charge is -2.31. The maximum atomic E-state index is 11.9. The highest BCUT2D eigenvalue weighted by Crippen LogP contribution is 2.19. The normalized spacial score (nSPS) is 21.0.